The van der Waals surface area contributed by atoms with Gasteiger partial charge in [-0.3, -0.25) is 0 Å². The first-order valence-corrected chi connectivity index (χ1v) is 8.79. The molecule has 0 fully saturated rings. The Hall–Kier alpha value is -0.343. The summed E-state index contributed by atoms with van der Waals surface area (Å²) in [7, 11) is -1.11. The van der Waals surface area contributed by atoms with Gasteiger partial charge in [-0.15, -0.1) is 0 Å². The van der Waals surface area contributed by atoms with E-state index in [4.69, 9.17) is 4.74 Å². The highest BCUT2D eigenvalue weighted by molar-refractivity contribution is 6.77. The van der Waals surface area contributed by atoms with E-state index in [1.807, 2.05) is 0 Å². The van der Waals surface area contributed by atoms with E-state index in [0.717, 1.165) is 6.23 Å². The van der Waals surface area contributed by atoms with Crippen molar-refractivity contribution < 1.29 is 4.74 Å². The summed E-state index contributed by atoms with van der Waals surface area (Å²) in [5.41, 5.74) is 2.73. The zero-order chi connectivity index (χ0) is 10.8. The molecule has 0 radical (unpaired) electrons. The SMILES string of the molecule is C/C=C(\C)C1OC[Si](C)(C)CC=C1C. The molecule has 2 heteroatoms. The van der Waals surface area contributed by atoms with E-state index in [1.54, 1.807) is 0 Å². The van der Waals surface area contributed by atoms with Crippen molar-refractivity contribution in [2.24, 2.45) is 0 Å². The number of allylic oxidation sites excluding steroid dienone is 2. The van der Waals surface area contributed by atoms with Crippen molar-refractivity contribution in [2.45, 2.75) is 46.0 Å². The normalized spacial score (nSPS) is 28.2. The van der Waals surface area contributed by atoms with Crippen LogP contribution in [-0.4, -0.2) is 20.4 Å². The van der Waals surface area contributed by atoms with Crippen LogP contribution in [0.2, 0.25) is 19.1 Å². The summed E-state index contributed by atoms with van der Waals surface area (Å²) in [4.78, 5) is 0. The third kappa shape index (κ3) is 2.82. The average Bonchev–Trinajstić information content (AvgIpc) is 2.26. The maximum absolute atomic E-state index is 6.01. The molecule has 1 rings (SSSR count). The molecule has 14 heavy (non-hydrogen) atoms. The summed E-state index contributed by atoms with van der Waals surface area (Å²) in [6.45, 7) is 11.2. The molecule has 0 aromatic rings. The Morgan fingerprint density at radius 3 is 2.79 bits per heavy atom. The van der Waals surface area contributed by atoms with Crippen molar-refractivity contribution >= 4 is 8.07 Å². The van der Waals surface area contributed by atoms with Crippen LogP contribution in [-0.2, 0) is 4.74 Å². The highest BCUT2D eigenvalue weighted by Crippen LogP contribution is 2.24. The fraction of sp³-hybridized carbons (Fsp3) is 0.667. The van der Waals surface area contributed by atoms with Crippen molar-refractivity contribution in [2.75, 3.05) is 6.23 Å². The summed E-state index contributed by atoms with van der Waals surface area (Å²) >= 11 is 0. The van der Waals surface area contributed by atoms with Gasteiger partial charge in [-0.2, -0.15) is 0 Å². The van der Waals surface area contributed by atoms with E-state index in [1.165, 1.54) is 17.2 Å². The van der Waals surface area contributed by atoms with Crippen LogP contribution >= 0.6 is 0 Å². The largest absolute Gasteiger partial charge is 0.373 e. The van der Waals surface area contributed by atoms with Crippen molar-refractivity contribution in [1.29, 1.82) is 0 Å². The number of hydrogen-bond acceptors (Lipinski definition) is 1. The van der Waals surface area contributed by atoms with Gasteiger partial charge in [0.15, 0.2) is 0 Å². The maximum atomic E-state index is 6.01. The predicted molar refractivity (Wildman–Crippen MR) is 65.2 cm³/mol. The van der Waals surface area contributed by atoms with Crippen LogP contribution in [0.25, 0.3) is 0 Å². The van der Waals surface area contributed by atoms with Gasteiger partial charge in [-0.1, -0.05) is 25.2 Å². The Bertz CT molecular complexity index is 263. The Kier molecular flexibility index (Phi) is 3.73. The van der Waals surface area contributed by atoms with Crippen LogP contribution < -0.4 is 0 Å². The van der Waals surface area contributed by atoms with Gasteiger partial charge in [-0.05, 0) is 38.0 Å². The molecule has 1 aliphatic heterocycles. The molecule has 0 amide bonds. The van der Waals surface area contributed by atoms with E-state index in [0.29, 0.717) is 0 Å². The summed E-state index contributed by atoms with van der Waals surface area (Å²) in [5, 5.41) is 0. The summed E-state index contributed by atoms with van der Waals surface area (Å²) in [5.74, 6) is 0. The van der Waals surface area contributed by atoms with E-state index in [-0.39, 0.29) is 6.10 Å². The molecule has 1 heterocycles. The monoisotopic (exact) mass is 210 g/mol. The zero-order valence-corrected chi connectivity index (χ0v) is 11.1. The number of ether oxygens (including phenoxy) is 1. The molecule has 1 unspecified atom stereocenters. The first-order valence-electron chi connectivity index (χ1n) is 5.37. The Balaban J connectivity index is 2.82. The highest BCUT2D eigenvalue weighted by Gasteiger charge is 2.26. The molecule has 80 valence electrons. The van der Waals surface area contributed by atoms with Gasteiger partial charge in [0.2, 0.25) is 0 Å². The maximum Gasteiger partial charge on any atom is 0.0986 e. The van der Waals surface area contributed by atoms with Crippen LogP contribution in [0.5, 0.6) is 0 Å². The molecule has 0 saturated carbocycles. The van der Waals surface area contributed by atoms with Gasteiger partial charge in [0.1, 0.15) is 0 Å². The second kappa shape index (κ2) is 4.45. The molecule has 0 aliphatic carbocycles. The van der Waals surface area contributed by atoms with Gasteiger partial charge in [0, 0.05) is 6.23 Å². The van der Waals surface area contributed by atoms with Gasteiger partial charge in [0.05, 0.1) is 14.2 Å². The molecule has 0 aromatic heterocycles. The Morgan fingerprint density at radius 1 is 1.57 bits per heavy atom. The van der Waals surface area contributed by atoms with Crippen LogP contribution in [0, 0.1) is 0 Å². The van der Waals surface area contributed by atoms with E-state index in [2.05, 4.69) is 46.0 Å². The lowest BCUT2D eigenvalue weighted by atomic mass is 10.0. The molecular formula is C12H22OSi. The van der Waals surface area contributed by atoms with Crippen LogP contribution in [0.1, 0.15) is 20.8 Å². The lowest BCUT2D eigenvalue weighted by Crippen LogP contribution is -2.32. The Morgan fingerprint density at radius 2 is 2.21 bits per heavy atom. The van der Waals surface area contributed by atoms with Crippen LogP contribution in [0.15, 0.2) is 23.3 Å². The molecule has 1 aliphatic rings. The van der Waals surface area contributed by atoms with Crippen molar-refractivity contribution in [1.82, 2.24) is 0 Å². The molecule has 0 spiro atoms. The number of hydrogen-bond donors (Lipinski definition) is 0. The first kappa shape index (κ1) is 11.7. The quantitative estimate of drug-likeness (QED) is 0.475. The molecular weight excluding hydrogens is 188 g/mol. The second-order valence-corrected chi connectivity index (χ2v) is 10.1. The van der Waals surface area contributed by atoms with Crippen molar-refractivity contribution in [3.63, 3.8) is 0 Å². The van der Waals surface area contributed by atoms with Crippen molar-refractivity contribution in [3.8, 4) is 0 Å². The van der Waals surface area contributed by atoms with Gasteiger partial charge in [0.25, 0.3) is 0 Å². The minimum Gasteiger partial charge on any atom is -0.373 e. The van der Waals surface area contributed by atoms with Gasteiger partial charge >= 0.3 is 0 Å². The molecule has 0 aromatic carbocycles. The standard InChI is InChI=1S/C12H22OSi/c1-6-10(2)12-11(3)7-8-14(4,5)9-13-12/h6-7,12H,8-9H2,1-5H3/b10-6+. The Labute approximate surface area is 88.9 Å². The lowest BCUT2D eigenvalue weighted by Gasteiger charge is -2.22. The summed E-state index contributed by atoms with van der Waals surface area (Å²) in [6.07, 6.45) is 5.77. The first-order chi connectivity index (χ1) is 6.46. The van der Waals surface area contributed by atoms with Crippen LogP contribution in [0.3, 0.4) is 0 Å². The third-order valence-corrected chi connectivity index (χ3v) is 5.16. The zero-order valence-electron chi connectivity index (χ0n) is 10.1. The van der Waals surface area contributed by atoms with E-state index >= 15 is 0 Å². The topological polar surface area (TPSA) is 9.23 Å². The molecule has 0 bridgehead atoms. The third-order valence-electron chi connectivity index (χ3n) is 2.90. The smallest absolute Gasteiger partial charge is 0.0986 e. The van der Waals surface area contributed by atoms with Crippen LogP contribution in [0.4, 0.5) is 0 Å². The fourth-order valence-electron chi connectivity index (χ4n) is 1.69. The minimum atomic E-state index is -1.11. The van der Waals surface area contributed by atoms with Gasteiger partial charge < -0.3 is 4.74 Å². The van der Waals surface area contributed by atoms with Crippen molar-refractivity contribution in [3.05, 3.63) is 23.3 Å². The average molecular weight is 210 g/mol. The molecule has 0 N–H and O–H groups in total. The summed E-state index contributed by atoms with van der Waals surface area (Å²) < 4.78 is 6.01. The fourth-order valence-corrected chi connectivity index (χ4v) is 3.30. The predicted octanol–water partition coefficient (Wildman–Crippen LogP) is 3.55. The van der Waals surface area contributed by atoms with E-state index in [9.17, 15) is 0 Å². The van der Waals surface area contributed by atoms with E-state index < -0.39 is 8.07 Å². The summed E-state index contributed by atoms with van der Waals surface area (Å²) in [6, 6.07) is 1.26. The van der Waals surface area contributed by atoms with Gasteiger partial charge in [-0.25, -0.2) is 0 Å². The second-order valence-electron chi connectivity index (χ2n) is 5.04. The minimum absolute atomic E-state index is 0.245. The highest BCUT2D eigenvalue weighted by atomic mass is 28.3. The number of rotatable bonds is 1. The lowest BCUT2D eigenvalue weighted by molar-refractivity contribution is 0.137. The molecule has 0 saturated heterocycles. The molecule has 1 nitrogen and oxygen atoms in total. The molecule has 1 atom stereocenters.